The van der Waals surface area contributed by atoms with E-state index in [-0.39, 0.29) is 31.7 Å². The van der Waals surface area contributed by atoms with Gasteiger partial charge in [0.2, 0.25) is 0 Å². The maximum absolute atomic E-state index is 12.6. The Hall–Kier alpha value is -1.95. The lowest BCUT2D eigenvalue weighted by atomic mass is 10.2. The molecule has 0 aliphatic carbocycles. The summed E-state index contributed by atoms with van der Waals surface area (Å²) in [5.74, 6) is 1.71. The number of halogens is 6. The molecule has 1 aromatic rings. The first kappa shape index (κ1) is 25.1. The van der Waals surface area contributed by atoms with Crippen LogP contribution in [-0.2, 0) is 15.9 Å². The topological polar surface area (TPSA) is 61.4 Å². The van der Waals surface area contributed by atoms with E-state index in [0.29, 0.717) is 6.42 Å². The van der Waals surface area contributed by atoms with Crippen molar-refractivity contribution in [2.45, 2.75) is 32.1 Å². The van der Waals surface area contributed by atoms with Gasteiger partial charge in [0.15, 0.2) is 0 Å². The molecule has 1 rings (SSSR count). The predicted octanol–water partition coefficient (Wildman–Crippen LogP) is 4.12. The number of urea groups is 1. The summed E-state index contributed by atoms with van der Waals surface area (Å²) in [7, 11) is -3.52. The lowest BCUT2D eigenvalue weighted by Gasteiger charge is -2.26. The van der Waals surface area contributed by atoms with Crippen LogP contribution in [0.2, 0.25) is 0 Å². The average Bonchev–Trinajstić information content (AvgIpc) is 2.55. The smallest absolute Gasteiger partial charge is 0.338 e. The Morgan fingerprint density at radius 1 is 1.10 bits per heavy atom. The number of anilines is 1. The second-order valence-electron chi connectivity index (χ2n) is 6.27. The molecular formula is C17H23F6N3O2S. The third-order valence-electron chi connectivity index (χ3n) is 3.67. The van der Waals surface area contributed by atoms with Gasteiger partial charge in [-0.25, -0.2) is 9.10 Å². The van der Waals surface area contributed by atoms with Gasteiger partial charge in [0.05, 0.1) is 5.56 Å². The van der Waals surface area contributed by atoms with Crippen molar-refractivity contribution in [2.24, 2.45) is 0 Å². The van der Waals surface area contributed by atoms with Crippen molar-refractivity contribution in [1.82, 2.24) is 9.62 Å². The van der Waals surface area contributed by atoms with Crippen molar-refractivity contribution in [2.75, 3.05) is 30.7 Å². The molecule has 0 saturated heterocycles. The van der Waals surface area contributed by atoms with Crippen LogP contribution in [0, 0.1) is 0 Å². The molecule has 0 aromatic heterocycles. The fourth-order valence-electron chi connectivity index (χ4n) is 2.42. The molecule has 5 nitrogen and oxygen atoms in total. The molecule has 0 aliphatic heterocycles. The van der Waals surface area contributed by atoms with Crippen molar-refractivity contribution >= 4 is 27.3 Å². The highest BCUT2D eigenvalue weighted by molar-refractivity contribution is 7.98. The standard InChI is InChI=1S/C17H23F6N3O2S/c1-3-10-26(29(2,28)12-16(18,19)20)11-4-9-24-15(27)25-14-7-5-13(6-8-14)17(21,22)23/h5-8H,2-4,9-12H2,1H3,(H2,24,25,27). The molecule has 1 atom stereocenters. The summed E-state index contributed by atoms with van der Waals surface area (Å²) in [5, 5.41) is 4.79. The first-order valence-corrected chi connectivity index (χ1v) is 10.5. The summed E-state index contributed by atoms with van der Waals surface area (Å²) in [6.45, 7) is 1.99. The van der Waals surface area contributed by atoms with Gasteiger partial charge in [-0.15, -0.1) is 0 Å². The summed E-state index contributed by atoms with van der Waals surface area (Å²) >= 11 is 0. The first-order valence-electron chi connectivity index (χ1n) is 8.63. The largest absolute Gasteiger partial charge is 0.416 e. The Bertz CT molecular complexity index is 761. The van der Waals surface area contributed by atoms with E-state index in [1.807, 2.05) is 0 Å². The number of nitrogens with zero attached hydrogens (tertiary/aromatic N) is 1. The summed E-state index contributed by atoms with van der Waals surface area (Å²) in [6, 6.07) is 3.16. The lowest BCUT2D eigenvalue weighted by Crippen LogP contribution is -2.40. The molecule has 29 heavy (non-hydrogen) atoms. The SMILES string of the molecule is C=S(=O)(CC(F)(F)F)N(CCC)CCCNC(=O)Nc1ccc(C(F)(F)F)cc1. The van der Waals surface area contributed by atoms with Gasteiger partial charge in [0.1, 0.15) is 5.75 Å². The Balaban J connectivity index is 2.49. The number of hydrogen-bond acceptors (Lipinski definition) is 2. The number of carbonyl (C=O) groups is 1. The number of amides is 2. The third-order valence-corrected chi connectivity index (χ3v) is 5.76. The highest BCUT2D eigenvalue weighted by Gasteiger charge is 2.34. The fourth-order valence-corrected chi connectivity index (χ4v) is 4.09. The number of alkyl halides is 6. The zero-order valence-electron chi connectivity index (χ0n) is 15.7. The molecule has 0 bridgehead atoms. The molecule has 12 heteroatoms. The third kappa shape index (κ3) is 9.39. The maximum atomic E-state index is 12.6. The second kappa shape index (κ2) is 10.2. The molecule has 0 saturated carbocycles. The number of nitrogens with one attached hydrogen (secondary N) is 2. The van der Waals surface area contributed by atoms with Crippen LogP contribution >= 0.6 is 0 Å². The van der Waals surface area contributed by atoms with Crippen LogP contribution in [0.25, 0.3) is 0 Å². The monoisotopic (exact) mass is 447 g/mol. The van der Waals surface area contributed by atoms with E-state index in [1.165, 1.54) is 0 Å². The van der Waals surface area contributed by atoms with Crippen LogP contribution < -0.4 is 10.6 Å². The molecule has 0 aliphatic rings. The van der Waals surface area contributed by atoms with E-state index in [9.17, 15) is 35.3 Å². The van der Waals surface area contributed by atoms with Gasteiger partial charge in [-0.1, -0.05) is 6.92 Å². The molecule has 166 valence electrons. The highest BCUT2D eigenvalue weighted by atomic mass is 32.2. The molecule has 1 aromatic carbocycles. The normalized spacial score (nSPS) is 14.5. The molecule has 0 heterocycles. The lowest BCUT2D eigenvalue weighted by molar-refractivity contribution is -0.137. The van der Waals surface area contributed by atoms with Gasteiger partial charge in [-0.3, -0.25) is 4.21 Å². The van der Waals surface area contributed by atoms with Crippen molar-refractivity contribution in [3.8, 4) is 0 Å². The van der Waals surface area contributed by atoms with Gasteiger partial charge in [-0.2, -0.15) is 26.3 Å². The second-order valence-corrected chi connectivity index (χ2v) is 8.62. The minimum absolute atomic E-state index is 0.0345. The zero-order valence-corrected chi connectivity index (χ0v) is 16.5. The van der Waals surface area contributed by atoms with Crippen molar-refractivity contribution in [1.29, 1.82) is 0 Å². The van der Waals surface area contributed by atoms with Crippen molar-refractivity contribution in [3.05, 3.63) is 29.8 Å². The summed E-state index contributed by atoms with van der Waals surface area (Å²) in [6.07, 6.45) is -8.40. The molecule has 2 amide bonds. The van der Waals surface area contributed by atoms with Gasteiger partial charge < -0.3 is 10.6 Å². The number of carbonyl (C=O) groups excluding carboxylic acids is 1. The predicted molar refractivity (Wildman–Crippen MR) is 101 cm³/mol. The van der Waals surface area contributed by atoms with Crippen molar-refractivity contribution < 1.29 is 35.3 Å². The summed E-state index contributed by atoms with van der Waals surface area (Å²) in [5.41, 5.74) is -0.704. The highest BCUT2D eigenvalue weighted by Crippen LogP contribution is 2.29. The molecule has 1 unspecified atom stereocenters. The van der Waals surface area contributed by atoms with Crippen LogP contribution in [0.3, 0.4) is 0 Å². The van der Waals surface area contributed by atoms with Crippen LogP contribution in [0.1, 0.15) is 25.3 Å². The minimum atomic E-state index is -4.61. The Morgan fingerprint density at radius 3 is 2.17 bits per heavy atom. The van der Waals surface area contributed by atoms with Crippen LogP contribution in [0.15, 0.2) is 24.3 Å². The van der Waals surface area contributed by atoms with Gasteiger partial charge in [0.25, 0.3) is 0 Å². The van der Waals surface area contributed by atoms with E-state index in [4.69, 9.17) is 0 Å². The van der Waals surface area contributed by atoms with Gasteiger partial charge >= 0.3 is 18.4 Å². The van der Waals surface area contributed by atoms with Crippen LogP contribution in [0.4, 0.5) is 36.8 Å². The number of benzene rings is 1. The molecule has 0 spiro atoms. The molecule has 2 N–H and O–H groups in total. The van der Waals surface area contributed by atoms with Gasteiger partial charge in [0, 0.05) is 35.0 Å². The molecular weight excluding hydrogens is 424 g/mol. The molecule has 0 fully saturated rings. The minimum Gasteiger partial charge on any atom is -0.338 e. The molecule has 0 radical (unpaired) electrons. The van der Waals surface area contributed by atoms with E-state index in [0.717, 1.165) is 28.6 Å². The van der Waals surface area contributed by atoms with E-state index in [1.54, 1.807) is 6.92 Å². The maximum Gasteiger partial charge on any atom is 0.416 e. The summed E-state index contributed by atoms with van der Waals surface area (Å²) in [4.78, 5) is 11.8. The quantitative estimate of drug-likeness (QED) is 0.340. The van der Waals surface area contributed by atoms with E-state index in [2.05, 4.69) is 16.5 Å². The Labute approximate surface area is 165 Å². The fraction of sp³-hybridized carbons (Fsp3) is 0.529. The van der Waals surface area contributed by atoms with Crippen molar-refractivity contribution in [3.63, 3.8) is 0 Å². The number of hydrogen-bond donors (Lipinski definition) is 2. The number of rotatable bonds is 9. The summed E-state index contributed by atoms with van der Waals surface area (Å²) < 4.78 is 88.6. The van der Waals surface area contributed by atoms with E-state index >= 15 is 0 Å². The van der Waals surface area contributed by atoms with Crippen LogP contribution in [0.5, 0.6) is 0 Å². The zero-order chi connectivity index (χ0) is 22.3. The van der Waals surface area contributed by atoms with E-state index < -0.39 is 39.4 Å². The van der Waals surface area contributed by atoms with Gasteiger partial charge in [-0.05, 0) is 43.0 Å². The average molecular weight is 447 g/mol. The Kier molecular flexibility index (Phi) is 8.82. The first-order chi connectivity index (χ1) is 13.2. The Morgan fingerprint density at radius 2 is 1.69 bits per heavy atom. The van der Waals surface area contributed by atoms with Crippen LogP contribution in [-0.4, -0.2) is 52.0 Å².